The Balaban J connectivity index is 1.63. The Morgan fingerprint density at radius 2 is 1.68 bits per heavy atom. The van der Waals surface area contributed by atoms with Crippen LogP contribution in [0.3, 0.4) is 0 Å². The Morgan fingerprint density at radius 1 is 1.03 bits per heavy atom. The Bertz CT molecular complexity index is 1360. The van der Waals surface area contributed by atoms with E-state index in [1.165, 1.54) is 4.90 Å². The van der Waals surface area contributed by atoms with Crippen molar-refractivity contribution in [2.45, 2.75) is 23.5 Å². The molecule has 10 heteroatoms. The summed E-state index contributed by atoms with van der Waals surface area (Å²) >= 11 is 0.902. The first-order valence-electron chi connectivity index (χ1n) is 10.3. The molecule has 0 radical (unpaired) electrons. The van der Waals surface area contributed by atoms with Crippen LogP contribution in [0.25, 0.3) is 0 Å². The van der Waals surface area contributed by atoms with Gasteiger partial charge in [0, 0.05) is 12.1 Å². The van der Waals surface area contributed by atoms with Gasteiger partial charge in [-0.2, -0.15) is 8.42 Å². The van der Waals surface area contributed by atoms with Gasteiger partial charge >= 0.3 is 0 Å². The molecule has 1 aliphatic heterocycles. The Hall–Kier alpha value is -3.50. The third-order valence-electron chi connectivity index (χ3n) is 5.05. The average molecular weight is 498 g/mol. The molecule has 1 unspecified atom stereocenters. The summed E-state index contributed by atoms with van der Waals surface area (Å²) in [6.45, 7) is 1.85. The lowest BCUT2D eigenvalue weighted by Crippen LogP contribution is -2.33. The number of hydrogen-bond donors (Lipinski definition) is 1. The summed E-state index contributed by atoms with van der Waals surface area (Å²) in [7, 11) is -4.22. The number of thioether (sulfide) groups is 1. The Kier molecular flexibility index (Phi) is 6.80. The van der Waals surface area contributed by atoms with Crippen LogP contribution in [-0.2, 0) is 19.6 Å². The zero-order valence-corrected chi connectivity index (χ0v) is 19.6. The van der Waals surface area contributed by atoms with Crippen molar-refractivity contribution in [1.29, 1.82) is 0 Å². The largest absolute Gasteiger partial charge is 0.326 e. The van der Waals surface area contributed by atoms with E-state index in [1.54, 1.807) is 42.5 Å². The summed E-state index contributed by atoms with van der Waals surface area (Å²) in [6, 6.07) is 20.0. The zero-order chi connectivity index (χ0) is 24.3. The summed E-state index contributed by atoms with van der Waals surface area (Å²) in [5.74, 6) is -1.41. The van der Waals surface area contributed by atoms with E-state index >= 15 is 0 Å². The van der Waals surface area contributed by atoms with Crippen LogP contribution in [0.5, 0.6) is 0 Å². The second-order valence-corrected chi connectivity index (χ2v) is 10.3. The number of para-hydroxylation sites is 2. The van der Waals surface area contributed by atoms with E-state index in [-0.39, 0.29) is 22.4 Å². The lowest BCUT2D eigenvalue weighted by molar-refractivity contribution is -0.121. The molecule has 1 N–H and O–H groups in total. The number of halogens is 1. The van der Waals surface area contributed by atoms with Crippen LogP contribution in [0.4, 0.5) is 15.8 Å². The zero-order valence-electron chi connectivity index (χ0n) is 18.0. The van der Waals surface area contributed by atoms with E-state index in [0.29, 0.717) is 11.4 Å². The molecule has 1 heterocycles. The maximum atomic E-state index is 13.2. The second kappa shape index (κ2) is 9.78. The SMILES string of the molecule is Cc1ccccc1NC(=O)CC1S/C(=N/S(=O)(=O)c2ccc(F)cc2)N(c2ccccc2)C1=O. The predicted molar refractivity (Wildman–Crippen MR) is 131 cm³/mol. The minimum atomic E-state index is -4.22. The number of carbonyl (C=O) groups is 2. The minimum absolute atomic E-state index is 0.0748. The Morgan fingerprint density at radius 3 is 2.35 bits per heavy atom. The molecule has 2 amide bonds. The normalized spacial score (nSPS) is 17.2. The van der Waals surface area contributed by atoms with Crippen LogP contribution in [0, 0.1) is 12.7 Å². The summed E-state index contributed by atoms with van der Waals surface area (Å²) in [5.41, 5.74) is 1.94. The smallest absolute Gasteiger partial charge is 0.284 e. The molecular formula is C24H20FN3O4S2. The second-order valence-electron chi connectivity index (χ2n) is 7.49. The maximum absolute atomic E-state index is 13.2. The molecular weight excluding hydrogens is 477 g/mol. The van der Waals surface area contributed by atoms with E-state index in [0.717, 1.165) is 41.6 Å². The van der Waals surface area contributed by atoms with Gasteiger partial charge in [-0.25, -0.2) is 4.39 Å². The lowest BCUT2D eigenvalue weighted by Gasteiger charge is -2.16. The highest BCUT2D eigenvalue weighted by Gasteiger charge is 2.41. The molecule has 0 saturated carbocycles. The first kappa shape index (κ1) is 23.7. The number of hydrogen-bond acceptors (Lipinski definition) is 5. The maximum Gasteiger partial charge on any atom is 0.284 e. The van der Waals surface area contributed by atoms with E-state index in [4.69, 9.17) is 0 Å². The molecule has 174 valence electrons. The third-order valence-corrected chi connectivity index (χ3v) is 7.58. The van der Waals surface area contributed by atoms with Gasteiger partial charge < -0.3 is 5.32 Å². The standard InChI is InChI=1S/C24H20FN3O4S2/c1-16-7-5-6-10-20(16)26-22(29)15-21-23(30)28(18-8-3-2-4-9-18)24(33-21)27-34(31,32)19-13-11-17(25)12-14-19/h2-14,21H,15H2,1H3,(H,26,29)/b27-24+. The molecule has 1 fully saturated rings. The van der Waals surface area contributed by atoms with Crippen LogP contribution in [0.15, 0.2) is 88.2 Å². The van der Waals surface area contributed by atoms with Crippen molar-refractivity contribution < 1.29 is 22.4 Å². The summed E-state index contributed by atoms with van der Waals surface area (Å²) in [6.07, 6.45) is -0.170. The number of aryl methyl sites for hydroxylation is 1. The fourth-order valence-electron chi connectivity index (χ4n) is 3.32. The van der Waals surface area contributed by atoms with Crippen LogP contribution in [0.2, 0.25) is 0 Å². The molecule has 1 aliphatic rings. The summed E-state index contributed by atoms with van der Waals surface area (Å²) in [5, 5.41) is 1.85. The van der Waals surface area contributed by atoms with Gasteiger partial charge in [-0.05, 0) is 55.0 Å². The van der Waals surface area contributed by atoms with Gasteiger partial charge in [-0.1, -0.05) is 48.2 Å². The summed E-state index contributed by atoms with van der Waals surface area (Å²) in [4.78, 5) is 26.9. The van der Waals surface area contributed by atoms with Crippen molar-refractivity contribution >= 4 is 50.1 Å². The molecule has 34 heavy (non-hydrogen) atoms. The van der Waals surface area contributed by atoms with Crippen LogP contribution < -0.4 is 10.2 Å². The van der Waals surface area contributed by atoms with Crippen LogP contribution in [0.1, 0.15) is 12.0 Å². The number of nitrogens with one attached hydrogen (secondary N) is 1. The van der Waals surface area contributed by atoms with E-state index in [9.17, 15) is 22.4 Å². The van der Waals surface area contributed by atoms with E-state index in [1.807, 2.05) is 19.1 Å². The highest BCUT2D eigenvalue weighted by molar-refractivity contribution is 8.16. The highest BCUT2D eigenvalue weighted by atomic mass is 32.2. The van der Waals surface area contributed by atoms with Crippen molar-refractivity contribution in [3.8, 4) is 0 Å². The molecule has 0 bridgehead atoms. The number of amides is 2. The number of carbonyl (C=O) groups excluding carboxylic acids is 2. The van der Waals surface area contributed by atoms with Crippen molar-refractivity contribution in [3.05, 3.63) is 90.2 Å². The molecule has 4 rings (SSSR count). The van der Waals surface area contributed by atoms with Gasteiger partial charge in [0.05, 0.1) is 10.6 Å². The van der Waals surface area contributed by atoms with E-state index in [2.05, 4.69) is 9.71 Å². The van der Waals surface area contributed by atoms with Crippen molar-refractivity contribution in [2.75, 3.05) is 10.2 Å². The van der Waals surface area contributed by atoms with Gasteiger partial charge in [0.25, 0.3) is 10.0 Å². The molecule has 0 aliphatic carbocycles. The first-order valence-corrected chi connectivity index (χ1v) is 12.6. The van der Waals surface area contributed by atoms with Crippen molar-refractivity contribution in [3.63, 3.8) is 0 Å². The van der Waals surface area contributed by atoms with E-state index < -0.39 is 27.0 Å². The minimum Gasteiger partial charge on any atom is -0.326 e. The monoisotopic (exact) mass is 497 g/mol. The number of benzene rings is 3. The topological polar surface area (TPSA) is 95.9 Å². The van der Waals surface area contributed by atoms with Crippen LogP contribution >= 0.6 is 11.8 Å². The van der Waals surface area contributed by atoms with Gasteiger partial charge in [-0.15, -0.1) is 4.40 Å². The molecule has 3 aromatic rings. The fraction of sp³-hybridized carbons (Fsp3) is 0.125. The number of anilines is 2. The number of rotatable bonds is 6. The first-order chi connectivity index (χ1) is 16.2. The number of nitrogens with zero attached hydrogens (tertiary/aromatic N) is 2. The molecule has 3 aromatic carbocycles. The fourth-order valence-corrected chi connectivity index (χ4v) is 5.65. The van der Waals surface area contributed by atoms with Gasteiger partial charge in [-0.3, -0.25) is 14.5 Å². The third kappa shape index (κ3) is 5.18. The quantitative estimate of drug-likeness (QED) is 0.546. The van der Waals surface area contributed by atoms with Crippen LogP contribution in [-0.4, -0.2) is 30.6 Å². The summed E-state index contributed by atoms with van der Waals surface area (Å²) < 4.78 is 42.8. The number of amidine groups is 1. The lowest BCUT2D eigenvalue weighted by atomic mass is 10.2. The average Bonchev–Trinajstić information content (AvgIpc) is 3.10. The van der Waals surface area contributed by atoms with Gasteiger partial charge in [0.1, 0.15) is 11.1 Å². The predicted octanol–water partition coefficient (Wildman–Crippen LogP) is 4.36. The Labute approximate surface area is 200 Å². The highest BCUT2D eigenvalue weighted by Crippen LogP contribution is 2.35. The van der Waals surface area contributed by atoms with Crippen molar-refractivity contribution in [2.24, 2.45) is 4.40 Å². The molecule has 1 saturated heterocycles. The molecule has 1 atom stereocenters. The van der Waals surface area contributed by atoms with Crippen molar-refractivity contribution in [1.82, 2.24) is 0 Å². The van der Waals surface area contributed by atoms with Gasteiger partial charge in [0.2, 0.25) is 11.8 Å². The molecule has 0 spiro atoms. The molecule has 0 aromatic heterocycles. The number of sulfonamides is 1. The molecule has 7 nitrogen and oxygen atoms in total. The van der Waals surface area contributed by atoms with Gasteiger partial charge in [0.15, 0.2) is 5.17 Å².